The third-order valence-electron chi connectivity index (χ3n) is 14.7. The van der Waals surface area contributed by atoms with E-state index in [4.69, 9.17) is 9.72 Å². The fourth-order valence-corrected chi connectivity index (χ4v) is 10.6. The maximum absolute atomic E-state index is 13.7. The van der Waals surface area contributed by atoms with Crippen LogP contribution in [-0.2, 0) is 19.2 Å². The fourth-order valence-electron chi connectivity index (χ4n) is 10.6. The topological polar surface area (TPSA) is 230 Å². The molecule has 5 aliphatic heterocycles. The van der Waals surface area contributed by atoms with Gasteiger partial charge in [-0.1, -0.05) is 19.8 Å². The SMILES string of the molecule is CC[C@@H]1C(=O)N(C)c2cnc(Nc3ccc(C(=O)NC4(CO)CCN(C(=O)CCN5CCN(c6ccc7c(c6)C(=O)N(C6CCC(=O)NC6=O)C7=O)CC5)CC4)cc3OC)nc2N1C1CCCC1. The van der Waals surface area contributed by atoms with Gasteiger partial charge in [0.2, 0.25) is 29.6 Å². The number of aliphatic hydroxyl groups is 1. The summed E-state index contributed by atoms with van der Waals surface area (Å²) in [5.41, 5.74) is 1.89. The normalized spacial score (nSPS) is 22.1. The van der Waals surface area contributed by atoms with E-state index in [0.29, 0.717) is 106 Å². The summed E-state index contributed by atoms with van der Waals surface area (Å²) >= 11 is 0. The van der Waals surface area contributed by atoms with Gasteiger partial charge in [-0.2, -0.15) is 4.98 Å². The van der Waals surface area contributed by atoms with Crippen LogP contribution in [0.2, 0.25) is 0 Å². The first-order valence-corrected chi connectivity index (χ1v) is 23.7. The molecule has 68 heavy (non-hydrogen) atoms. The van der Waals surface area contributed by atoms with Gasteiger partial charge in [0.15, 0.2) is 5.82 Å². The first-order chi connectivity index (χ1) is 32.8. The Bertz CT molecular complexity index is 2510. The maximum Gasteiger partial charge on any atom is 0.262 e. The molecular formula is C48H59N11O9. The van der Waals surface area contributed by atoms with E-state index >= 15 is 0 Å². The van der Waals surface area contributed by atoms with Gasteiger partial charge < -0.3 is 40.1 Å². The van der Waals surface area contributed by atoms with E-state index in [1.54, 1.807) is 59.4 Å². The molecular weight excluding hydrogens is 875 g/mol. The number of likely N-dealkylation sites (N-methyl/N-ethyl adjacent to an activating group) is 1. The first-order valence-electron chi connectivity index (χ1n) is 23.7. The summed E-state index contributed by atoms with van der Waals surface area (Å²) in [5, 5.41) is 19.1. The average Bonchev–Trinajstić information content (AvgIpc) is 3.98. The number of hydrogen-bond donors (Lipinski definition) is 4. The predicted octanol–water partition coefficient (Wildman–Crippen LogP) is 2.43. The van der Waals surface area contributed by atoms with Crippen molar-refractivity contribution in [3.05, 3.63) is 59.3 Å². The maximum atomic E-state index is 13.7. The van der Waals surface area contributed by atoms with Gasteiger partial charge in [-0.05, 0) is 74.9 Å². The number of piperidine rings is 2. The van der Waals surface area contributed by atoms with Crippen LogP contribution in [0, 0.1) is 0 Å². The van der Waals surface area contributed by atoms with Crippen molar-refractivity contribution in [2.75, 3.05) is 86.6 Å². The zero-order chi connectivity index (χ0) is 47.9. The van der Waals surface area contributed by atoms with Gasteiger partial charge in [-0.25, -0.2) is 4.98 Å². The highest BCUT2D eigenvalue weighted by Gasteiger charge is 2.45. The van der Waals surface area contributed by atoms with Crippen molar-refractivity contribution < 1.29 is 43.4 Å². The highest BCUT2D eigenvalue weighted by atomic mass is 16.5. The second-order valence-electron chi connectivity index (χ2n) is 18.6. The standard InChI is InChI=1S/C48H59N11O9/c1-4-35-46(67)54(2)37-27-49-47(52-41(37)58(35)30-7-5-6-8-30)50-34-12-9-29(25-38(34)68-3)42(63)53-48(28-60)16-19-57(20-17-48)40(62)15-18-55-21-23-56(24-22-55)31-10-11-32-33(26-31)45(66)59(44(32)65)36-13-14-39(61)51-43(36)64/h9-12,25-27,30,35-36,60H,4-8,13-24,28H2,1-3H3,(H,53,63)(H,49,50,52)(H,51,61,64)/t35-,36?/m1/s1. The first kappa shape index (κ1) is 46.4. The molecule has 1 aromatic heterocycles. The zero-order valence-electron chi connectivity index (χ0n) is 38.8. The van der Waals surface area contributed by atoms with E-state index in [2.05, 4.69) is 35.6 Å². The summed E-state index contributed by atoms with van der Waals surface area (Å²) in [6.45, 7) is 5.70. The van der Waals surface area contributed by atoms with Crippen LogP contribution in [0.15, 0.2) is 42.6 Å². The Labute approximate surface area is 394 Å². The smallest absolute Gasteiger partial charge is 0.262 e. The van der Waals surface area contributed by atoms with Crippen LogP contribution in [0.5, 0.6) is 5.75 Å². The molecule has 0 radical (unpaired) electrons. The second-order valence-corrected chi connectivity index (χ2v) is 18.6. The molecule has 360 valence electrons. The number of piperazine rings is 1. The van der Waals surface area contributed by atoms with Crippen LogP contribution >= 0.6 is 0 Å². The number of nitrogens with one attached hydrogen (secondary N) is 3. The zero-order valence-corrected chi connectivity index (χ0v) is 38.8. The number of rotatable bonds is 13. The molecule has 20 heteroatoms. The number of carbonyl (C=O) groups is 7. The number of hydrogen-bond acceptors (Lipinski definition) is 15. The predicted molar refractivity (Wildman–Crippen MR) is 250 cm³/mol. The van der Waals surface area contributed by atoms with Crippen molar-refractivity contribution in [3.8, 4) is 5.75 Å². The lowest BCUT2D eigenvalue weighted by atomic mass is 9.87. The van der Waals surface area contributed by atoms with Gasteiger partial charge in [-0.15, -0.1) is 0 Å². The molecule has 6 heterocycles. The molecule has 2 aromatic carbocycles. The largest absolute Gasteiger partial charge is 0.495 e. The van der Waals surface area contributed by atoms with Crippen LogP contribution < -0.4 is 35.4 Å². The second kappa shape index (κ2) is 19.1. The molecule has 4 fully saturated rings. The number of imide groups is 2. The van der Waals surface area contributed by atoms with E-state index in [1.165, 1.54) is 7.11 Å². The highest BCUT2D eigenvalue weighted by Crippen LogP contribution is 2.41. The fraction of sp³-hybridized carbons (Fsp3) is 0.521. The minimum absolute atomic E-state index is 0.000307. The minimum atomic E-state index is -1.02. The Morgan fingerprint density at radius 1 is 0.926 bits per heavy atom. The lowest BCUT2D eigenvalue weighted by Gasteiger charge is -2.43. The molecule has 2 atom stereocenters. The van der Waals surface area contributed by atoms with Crippen LogP contribution in [0.3, 0.4) is 0 Å². The van der Waals surface area contributed by atoms with Crippen molar-refractivity contribution in [2.24, 2.45) is 0 Å². The number of fused-ring (bicyclic) bond motifs is 2. The third kappa shape index (κ3) is 8.81. The summed E-state index contributed by atoms with van der Waals surface area (Å²) in [6.07, 6.45) is 7.78. The van der Waals surface area contributed by atoms with E-state index in [1.807, 2.05) is 6.92 Å². The van der Waals surface area contributed by atoms with Gasteiger partial charge in [0.1, 0.15) is 23.5 Å². The molecule has 0 bridgehead atoms. The molecule has 9 rings (SSSR count). The number of nitrogens with zero attached hydrogens (tertiary/aromatic N) is 8. The van der Waals surface area contributed by atoms with Gasteiger partial charge in [0, 0.05) is 83.0 Å². The Morgan fingerprint density at radius 3 is 2.35 bits per heavy atom. The summed E-state index contributed by atoms with van der Waals surface area (Å²) in [4.78, 5) is 111. The number of aromatic nitrogens is 2. The highest BCUT2D eigenvalue weighted by molar-refractivity contribution is 6.23. The van der Waals surface area contributed by atoms with Gasteiger partial charge in [0.05, 0.1) is 42.3 Å². The molecule has 7 amide bonds. The van der Waals surface area contributed by atoms with Gasteiger partial charge >= 0.3 is 0 Å². The number of aliphatic hydroxyl groups excluding tert-OH is 1. The van der Waals surface area contributed by atoms with Gasteiger partial charge in [-0.3, -0.25) is 48.7 Å². The molecule has 4 N–H and O–H groups in total. The third-order valence-corrected chi connectivity index (χ3v) is 14.7. The van der Waals surface area contributed by atoms with E-state index < -0.39 is 35.2 Å². The van der Waals surface area contributed by atoms with Crippen LogP contribution in [0.25, 0.3) is 0 Å². The quantitative estimate of drug-likeness (QED) is 0.181. The van der Waals surface area contributed by atoms with Gasteiger partial charge in [0.25, 0.3) is 17.7 Å². The van der Waals surface area contributed by atoms with E-state index in [-0.39, 0.29) is 60.4 Å². The molecule has 20 nitrogen and oxygen atoms in total. The summed E-state index contributed by atoms with van der Waals surface area (Å²) in [5.74, 6) is -1.06. The van der Waals surface area contributed by atoms with Crippen molar-refractivity contribution in [3.63, 3.8) is 0 Å². The minimum Gasteiger partial charge on any atom is -0.495 e. The Hall–Kier alpha value is -6.67. The summed E-state index contributed by atoms with van der Waals surface area (Å²) < 4.78 is 5.71. The van der Waals surface area contributed by atoms with Crippen molar-refractivity contribution in [2.45, 2.75) is 94.8 Å². The number of methoxy groups -OCH3 is 1. The van der Waals surface area contributed by atoms with Crippen molar-refractivity contribution in [1.29, 1.82) is 0 Å². The molecule has 6 aliphatic rings. The van der Waals surface area contributed by atoms with Crippen LogP contribution in [0.4, 0.5) is 28.8 Å². The lowest BCUT2D eigenvalue weighted by molar-refractivity contribution is -0.136. The summed E-state index contributed by atoms with van der Waals surface area (Å²) in [6, 6.07) is 9.03. The molecule has 0 spiro atoms. The molecule has 3 aromatic rings. The number of likely N-dealkylation sites (tertiary alicyclic amines) is 1. The van der Waals surface area contributed by atoms with Crippen LogP contribution in [0.1, 0.15) is 102 Å². The Kier molecular flexibility index (Phi) is 13.1. The number of amides is 7. The number of benzene rings is 2. The monoisotopic (exact) mass is 933 g/mol. The van der Waals surface area contributed by atoms with E-state index in [0.717, 1.165) is 36.3 Å². The summed E-state index contributed by atoms with van der Waals surface area (Å²) in [7, 11) is 3.27. The molecule has 1 saturated carbocycles. The molecule has 1 unspecified atom stereocenters. The molecule has 1 aliphatic carbocycles. The number of anilines is 5. The van der Waals surface area contributed by atoms with Crippen LogP contribution in [-0.4, -0.2) is 161 Å². The van der Waals surface area contributed by atoms with Crippen molar-refractivity contribution >= 4 is 70.2 Å². The Morgan fingerprint density at radius 2 is 1.66 bits per heavy atom. The van der Waals surface area contributed by atoms with Crippen molar-refractivity contribution in [1.82, 2.24) is 35.3 Å². The molecule has 3 saturated heterocycles. The average molecular weight is 934 g/mol. The number of ether oxygens (including phenoxy) is 1. The number of carbonyl (C=O) groups excluding carboxylic acids is 7. The lowest BCUT2D eigenvalue weighted by Crippen LogP contribution is -2.58. The Balaban J connectivity index is 0.755. The van der Waals surface area contributed by atoms with E-state index in [9.17, 15) is 38.7 Å².